The molecule has 1 fully saturated rings. The van der Waals surface area contributed by atoms with Gasteiger partial charge in [0.15, 0.2) is 5.11 Å². The Balaban J connectivity index is 1.60. The van der Waals surface area contributed by atoms with Crippen LogP contribution in [0, 0.1) is 0 Å². The van der Waals surface area contributed by atoms with E-state index in [2.05, 4.69) is 42.7 Å². The Hall–Kier alpha value is -3.69. The maximum absolute atomic E-state index is 11.6. The summed E-state index contributed by atoms with van der Waals surface area (Å²) in [6.45, 7) is 0. The SMILES string of the molecule is CS(=O)(=O)Nc1ccc(N2C(=S)N[C@H](c3ccccn3)[C@@H]2c2cccn2-c2ccccc2)cc1. The fraction of sp³-hybridized carbons (Fsp3) is 0.120. The fourth-order valence-electron chi connectivity index (χ4n) is 4.30. The van der Waals surface area contributed by atoms with Crippen molar-refractivity contribution in [2.45, 2.75) is 12.1 Å². The van der Waals surface area contributed by atoms with Crippen LogP contribution >= 0.6 is 12.2 Å². The van der Waals surface area contributed by atoms with Crippen LogP contribution in [0.5, 0.6) is 0 Å². The van der Waals surface area contributed by atoms with Gasteiger partial charge in [0.25, 0.3) is 0 Å². The molecule has 7 nitrogen and oxygen atoms in total. The molecule has 1 saturated heterocycles. The van der Waals surface area contributed by atoms with Crippen LogP contribution in [0.25, 0.3) is 5.69 Å². The van der Waals surface area contributed by atoms with E-state index < -0.39 is 10.0 Å². The molecule has 4 aromatic rings. The molecule has 34 heavy (non-hydrogen) atoms. The van der Waals surface area contributed by atoms with Crippen molar-refractivity contribution >= 4 is 38.7 Å². The van der Waals surface area contributed by atoms with Gasteiger partial charge in [-0.05, 0) is 72.9 Å². The molecule has 172 valence electrons. The Kier molecular flexibility index (Phi) is 5.80. The highest BCUT2D eigenvalue weighted by atomic mass is 32.2. The molecular weight excluding hydrogens is 466 g/mol. The number of nitrogens with one attached hydrogen (secondary N) is 2. The van der Waals surface area contributed by atoms with Crippen LogP contribution in [0.2, 0.25) is 0 Å². The Morgan fingerprint density at radius 1 is 0.912 bits per heavy atom. The van der Waals surface area contributed by atoms with Crippen LogP contribution in [0.3, 0.4) is 0 Å². The molecule has 0 bridgehead atoms. The maximum atomic E-state index is 11.6. The van der Waals surface area contributed by atoms with E-state index in [-0.39, 0.29) is 12.1 Å². The molecule has 1 aliphatic heterocycles. The predicted molar refractivity (Wildman–Crippen MR) is 139 cm³/mol. The first-order valence-corrected chi connectivity index (χ1v) is 13.0. The van der Waals surface area contributed by atoms with Crippen molar-refractivity contribution in [2.24, 2.45) is 0 Å². The third-order valence-corrected chi connectivity index (χ3v) is 6.59. The summed E-state index contributed by atoms with van der Waals surface area (Å²) in [6, 6.07) is 27.0. The van der Waals surface area contributed by atoms with Gasteiger partial charge >= 0.3 is 0 Å². The van der Waals surface area contributed by atoms with E-state index >= 15 is 0 Å². The molecule has 0 spiro atoms. The lowest BCUT2D eigenvalue weighted by atomic mass is 10.0. The highest BCUT2D eigenvalue weighted by Gasteiger charge is 2.42. The highest BCUT2D eigenvalue weighted by molar-refractivity contribution is 7.92. The third kappa shape index (κ3) is 4.40. The first kappa shape index (κ1) is 22.1. The van der Waals surface area contributed by atoms with Gasteiger partial charge in [0, 0.05) is 35.1 Å². The Morgan fingerprint density at radius 2 is 1.65 bits per heavy atom. The zero-order chi connectivity index (χ0) is 23.7. The largest absolute Gasteiger partial charge is 0.351 e. The zero-order valence-electron chi connectivity index (χ0n) is 18.4. The average Bonchev–Trinajstić information content (AvgIpc) is 3.44. The molecule has 2 atom stereocenters. The number of benzene rings is 2. The van der Waals surface area contributed by atoms with Crippen molar-refractivity contribution in [3.05, 3.63) is 109 Å². The number of nitrogens with zero attached hydrogens (tertiary/aromatic N) is 3. The first-order chi connectivity index (χ1) is 16.4. The van der Waals surface area contributed by atoms with Crippen LogP contribution < -0.4 is 14.9 Å². The lowest BCUT2D eigenvalue weighted by Crippen LogP contribution is -2.30. The van der Waals surface area contributed by atoms with Gasteiger partial charge in [0.05, 0.1) is 18.0 Å². The summed E-state index contributed by atoms with van der Waals surface area (Å²) in [5.41, 5.74) is 4.32. The smallest absolute Gasteiger partial charge is 0.229 e. The van der Waals surface area contributed by atoms with E-state index in [1.165, 1.54) is 0 Å². The molecule has 2 N–H and O–H groups in total. The van der Waals surface area contributed by atoms with Gasteiger partial charge in [-0.2, -0.15) is 0 Å². The van der Waals surface area contributed by atoms with Gasteiger partial charge in [-0.3, -0.25) is 9.71 Å². The topological polar surface area (TPSA) is 79.3 Å². The zero-order valence-corrected chi connectivity index (χ0v) is 20.0. The molecule has 3 heterocycles. The number of sulfonamides is 1. The number of thiocarbonyl (C=S) groups is 1. The van der Waals surface area contributed by atoms with Gasteiger partial charge in [-0.25, -0.2) is 8.42 Å². The molecular formula is C25H23N5O2S2. The Labute approximate surface area is 204 Å². The summed E-state index contributed by atoms with van der Waals surface area (Å²) in [4.78, 5) is 6.67. The number of hydrogen-bond acceptors (Lipinski definition) is 4. The third-order valence-electron chi connectivity index (χ3n) is 5.66. The standard InChI is InChI=1S/C25H23N5O2S2/c1-34(31,32)28-18-12-14-20(15-13-18)30-24(23(27-25(30)33)21-10-5-6-16-26-21)22-11-7-17-29(22)19-8-3-2-4-9-19/h2-17,23-24,28H,1H3,(H,27,33)/t23-,24+/m1/s1. The lowest BCUT2D eigenvalue weighted by Gasteiger charge is -2.29. The van der Waals surface area contributed by atoms with Crippen molar-refractivity contribution in [2.75, 3.05) is 15.9 Å². The quantitative estimate of drug-likeness (QED) is 0.391. The highest BCUT2D eigenvalue weighted by Crippen LogP contribution is 2.42. The minimum atomic E-state index is -3.36. The van der Waals surface area contributed by atoms with Crippen molar-refractivity contribution in [3.8, 4) is 5.69 Å². The second kappa shape index (κ2) is 8.92. The summed E-state index contributed by atoms with van der Waals surface area (Å²) < 4.78 is 27.9. The van der Waals surface area contributed by atoms with E-state index in [1.807, 2.05) is 60.8 Å². The summed E-state index contributed by atoms with van der Waals surface area (Å²) in [5, 5.41) is 4.03. The monoisotopic (exact) mass is 489 g/mol. The summed E-state index contributed by atoms with van der Waals surface area (Å²) in [7, 11) is -3.36. The molecule has 2 aromatic carbocycles. The van der Waals surface area contributed by atoms with Crippen LogP contribution in [-0.4, -0.2) is 29.3 Å². The first-order valence-electron chi connectivity index (χ1n) is 10.7. The Morgan fingerprint density at radius 3 is 2.32 bits per heavy atom. The van der Waals surface area contributed by atoms with Gasteiger partial charge in [0.2, 0.25) is 10.0 Å². The molecule has 5 rings (SSSR count). The number of rotatable bonds is 6. The Bertz CT molecular complexity index is 1400. The van der Waals surface area contributed by atoms with E-state index in [0.29, 0.717) is 10.8 Å². The van der Waals surface area contributed by atoms with E-state index in [1.54, 1.807) is 18.3 Å². The maximum Gasteiger partial charge on any atom is 0.229 e. The normalized spacial score (nSPS) is 18.0. The minimum absolute atomic E-state index is 0.181. The summed E-state index contributed by atoms with van der Waals surface area (Å²) in [5.74, 6) is 0. The van der Waals surface area contributed by atoms with Crippen molar-refractivity contribution in [3.63, 3.8) is 0 Å². The van der Waals surface area contributed by atoms with Gasteiger partial charge in [-0.15, -0.1) is 0 Å². The lowest BCUT2D eigenvalue weighted by molar-refractivity contribution is 0.549. The molecule has 1 aliphatic rings. The number of aromatic nitrogens is 2. The van der Waals surface area contributed by atoms with Gasteiger partial charge < -0.3 is 14.8 Å². The van der Waals surface area contributed by atoms with Crippen LogP contribution in [0.1, 0.15) is 23.5 Å². The van der Waals surface area contributed by atoms with E-state index in [4.69, 9.17) is 12.2 Å². The molecule has 0 amide bonds. The summed E-state index contributed by atoms with van der Waals surface area (Å²) in [6.07, 6.45) is 4.95. The van der Waals surface area contributed by atoms with E-state index in [0.717, 1.165) is 29.0 Å². The number of hydrogen-bond donors (Lipinski definition) is 2. The number of anilines is 2. The second-order valence-electron chi connectivity index (χ2n) is 8.06. The molecule has 0 saturated carbocycles. The number of pyridine rings is 1. The minimum Gasteiger partial charge on any atom is -0.351 e. The molecule has 0 radical (unpaired) electrons. The molecule has 0 aliphatic carbocycles. The summed E-state index contributed by atoms with van der Waals surface area (Å²) >= 11 is 5.80. The van der Waals surface area contributed by atoms with Gasteiger partial charge in [-0.1, -0.05) is 24.3 Å². The molecule has 9 heteroatoms. The molecule has 0 unspecified atom stereocenters. The fourth-order valence-corrected chi connectivity index (χ4v) is 5.21. The second-order valence-corrected chi connectivity index (χ2v) is 10.2. The number of para-hydroxylation sites is 1. The van der Waals surface area contributed by atoms with Crippen molar-refractivity contribution in [1.82, 2.24) is 14.9 Å². The molecule has 2 aromatic heterocycles. The van der Waals surface area contributed by atoms with Gasteiger partial charge in [0.1, 0.15) is 6.04 Å². The average molecular weight is 490 g/mol. The van der Waals surface area contributed by atoms with Crippen molar-refractivity contribution in [1.29, 1.82) is 0 Å². The van der Waals surface area contributed by atoms with Crippen LogP contribution in [0.4, 0.5) is 11.4 Å². The predicted octanol–water partition coefficient (Wildman–Crippen LogP) is 4.42. The van der Waals surface area contributed by atoms with Crippen molar-refractivity contribution < 1.29 is 8.42 Å². The van der Waals surface area contributed by atoms with E-state index in [9.17, 15) is 8.42 Å². The van der Waals surface area contributed by atoms with Crippen LogP contribution in [0.15, 0.2) is 97.3 Å². The van der Waals surface area contributed by atoms with Crippen LogP contribution in [-0.2, 0) is 10.0 Å².